The fourth-order valence-electron chi connectivity index (χ4n) is 4.12. The smallest absolute Gasteiger partial charge is 0.0787 e. The Morgan fingerprint density at radius 3 is 2.41 bits per heavy atom. The van der Waals surface area contributed by atoms with Gasteiger partial charge in [-0.1, -0.05) is 61.9 Å². The molecule has 0 aliphatic heterocycles. The second-order valence-corrected chi connectivity index (χ2v) is 7.23. The van der Waals surface area contributed by atoms with E-state index in [9.17, 15) is 0 Å². The molecule has 0 unspecified atom stereocenters. The van der Waals surface area contributed by atoms with Crippen molar-refractivity contribution in [2.75, 3.05) is 7.11 Å². The molecule has 2 rings (SSSR count). The molecule has 1 aliphatic carbocycles. The second kappa shape index (κ2) is 6.83. The van der Waals surface area contributed by atoms with Crippen LogP contribution in [-0.2, 0) is 11.2 Å². The minimum Gasteiger partial charge on any atom is -0.377 e. The van der Waals surface area contributed by atoms with E-state index in [1.807, 2.05) is 7.11 Å². The third-order valence-corrected chi connectivity index (χ3v) is 5.44. The van der Waals surface area contributed by atoms with Crippen molar-refractivity contribution in [2.24, 2.45) is 11.3 Å². The van der Waals surface area contributed by atoms with Gasteiger partial charge in [-0.15, -0.1) is 0 Å². The van der Waals surface area contributed by atoms with Crippen LogP contribution < -0.4 is 0 Å². The monoisotopic (exact) mass is 298 g/mol. The van der Waals surface area contributed by atoms with Gasteiger partial charge in [0.05, 0.1) is 6.10 Å². The summed E-state index contributed by atoms with van der Waals surface area (Å²) in [5.74, 6) is 0.493. The van der Waals surface area contributed by atoms with Crippen LogP contribution >= 0.6 is 0 Å². The lowest BCUT2D eigenvalue weighted by atomic mass is 9.61. The highest BCUT2D eigenvalue weighted by Gasteiger charge is 2.41. The molecular formula is C21H30O. The number of benzene rings is 1. The lowest BCUT2D eigenvalue weighted by Gasteiger charge is -2.45. The summed E-state index contributed by atoms with van der Waals surface area (Å²) in [5.41, 5.74) is 5.84. The molecule has 22 heavy (non-hydrogen) atoms. The lowest BCUT2D eigenvalue weighted by Crippen LogP contribution is -2.38. The highest BCUT2D eigenvalue weighted by Crippen LogP contribution is 2.49. The van der Waals surface area contributed by atoms with Crippen molar-refractivity contribution >= 4 is 0 Å². The maximum atomic E-state index is 5.76. The van der Waals surface area contributed by atoms with Crippen LogP contribution in [0.5, 0.6) is 0 Å². The molecule has 0 heterocycles. The Kier molecular flexibility index (Phi) is 5.28. The first-order valence-electron chi connectivity index (χ1n) is 8.30. The molecule has 0 aromatic heterocycles. The average molecular weight is 298 g/mol. The van der Waals surface area contributed by atoms with Gasteiger partial charge in [0.15, 0.2) is 0 Å². The molecular weight excluding hydrogens is 268 g/mol. The van der Waals surface area contributed by atoms with Gasteiger partial charge in [-0.25, -0.2) is 0 Å². The van der Waals surface area contributed by atoms with Crippen molar-refractivity contribution < 1.29 is 4.74 Å². The fraction of sp³-hybridized carbons (Fsp3) is 0.524. The van der Waals surface area contributed by atoms with Gasteiger partial charge in [-0.05, 0) is 55.6 Å². The molecule has 0 bridgehead atoms. The Balaban J connectivity index is 2.29. The summed E-state index contributed by atoms with van der Waals surface area (Å²) in [4.78, 5) is 0. The Morgan fingerprint density at radius 1 is 1.23 bits per heavy atom. The predicted molar refractivity (Wildman–Crippen MR) is 95.0 cm³/mol. The predicted octanol–water partition coefficient (Wildman–Crippen LogP) is 5.57. The van der Waals surface area contributed by atoms with Crippen LogP contribution in [0.3, 0.4) is 0 Å². The van der Waals surface area contributed by atoms with Gasteiger partial charge in [0.2, 0.25) is 0 Å². The fourth-order valence-corrected chi connectivity index (χ4v) is 4.12. The van der Waals surface area contributed by atoms with Crippen molar-refractivity contribution in [1.82, 2.24) is 0 Å². The zero-order valence-corrected chi connectivity index (χ0v) is 14.8. The van der Waals surface area contributed by atoms with E-state index in [0.717, 1.165) is 19.3 Å². The van der Waals surface area contributed by atoms with Gasteiger partial charge < -0.3 is 4.74 Å². The molecule has 1 nitrogen and oxygen atoms in total. The summed E-state index contributed by atoms with van der Waals surface area (Å²) in [6.07, 6.45) is 3.49. The average Bonchev–Trinajstić information content (AvgIpc) is 2.47. The van der Waals surface area contributed by atoms with Crippen molar-refractivity contribution in [2.45, 2.75) is 53.1 Å². The van der Waals surface area contributed by atoms with Gasteiger partial charge in [-0.3, -0.25) is 0 Å². The van der Waals surface area contributed by atoms with E-state index < -0.39 is 0 Å². The van der Waals surface area contributed by atoms with E-state index in [-0.39, 0.29) is 11.5 Å². The van der Waals surface area contributed by atoms with Crippen LogP contribution in [0.4, 0.5) is 0 Å². The third-order valence-electron chi connectivity index (χ3n) is 5.44. The van der Waals surface area contributed by atoms with Crippen LogP contribution in [0.1, 0.15) is 46.1 Å². The Labute approximate surface area is 136 Å². The molecule has 1 aliphatic rings. The van der Waals surface area contributed by atoms with E-state index in [0.29, 0.717) is 5.92 Å². The highest BCUT2D eigenvalue weighted by atomic mass is 16.5. The Bertz CT molecular complexity index is 551. The maximum absolute atomic E-state index is 5.76. The summed E-state index contributed by atoms with van der Waals surface area (Å²) in [5, 5.41) is 0. The highest BCUT2D eigenvalue weighted by molar-refractivity contribution is 5.32. The van der Waals surface area contributed by atoms with Crippen molar-refractivity contribution in [1.29, 1.82) is 0 Å². The van der Waals surface area contributed by atoms with Crippen LogP contribution in [0.15, 0.2) is 53.6 Å². The van der Waals surface area contributed by atoms with Gasteiger partial charge in [0.1, 0.15) is 0 Å². The molecule has 0 amide bonds. The first-order chi connectivity index (χ1) is 10.4. The molecule has 0 radical (unpaired) electrons. The molecule has 0 saturated carbocycles. The second-order valence-electron chi connectivity index (χ2n) is 7.23. The number of methoxy groups -OCH3 is 1. The van der Waals surface area contributed by atoms with E-state index in [4.69, 9.17) is 4.74 Å². The van der Waals surface area contributed by atoms with Crippen molar-refractivity contribution in [3.63, 3.8) is 0 Å². The summed E-state index contributed by atoms with van der Waals surface area (Å²) < 4.78 is 5.76. The number of hydrogen-bond acceptors (Lipinski definition) is 1. The first-order valence-corrected chi connectivity index (χ1v) is 8.30. The Morgan fingerprint density at radius 2 is 1.86 bits per heavy atom. The van der Waals surface area contributed by atoms with E-state index >= 15 is 0 Å². The largest absolute Gasteiger partial charge is 0.377 e. The summed E-state index contributed by atoms with van der Waals surface area (Å²) in [6, 6.07) is 10.8. The maximum Gasteiger partial charge on any atom is 0.0787 e. The number of ether oxygens (including phenoxy) is 1. The molecule has 0 fully saturated rings. The van der Waals surface area contributed by atoms with Gasteiger partial charge >= 0.3 is 0 Å². The number of rotatable bonds is 5. The number of aryl methyl sites for hydroxylation is 1. The standard InChI is InChI=1S/C21H30O/c1-15(2)19-14-20(22-6)16(3)18(21(19,4)5)13-12-17-10-8-7-9-11-17/h7-11,19-20H,1,12-14H2,2-6H3/t19-,20-/m0/s1. The zero-order valence-electron chi connectivity index (χ0n) is 14.8. The SMILES string of the molecule is C=C(C)[C@@H]1C[C@H](OC)C(C)=C(CCc2ccccc2)C1(C)C. The molecule has 0 N–H and O–H groups in total. The normalized spacial score (nSPS) is 24.4. The quantitative estimate of drug-likeness (QED) is 0.645. The topological polar surface area (TPSA) is 9.23 Å². The molecule has 0 saturated heterocycles. The molecule has 2 atom stereocenters. The van der Waals surface area contributed by atoms with Crippen LogP contribution in [0.25, 0.3) is 0 Å². The number of allylic oxidation sites excluding steroid dienone is 2. The minimum absolute atomic E-state index is 0.166. The van der Waals surface area contributed by atoms with Crippen LogP contribution in [0, 0.1) is 11.3 Å². The van der Waals surface area contributed by atoms with Crippen LogP contribution in [-0.4, -0.2) is 13.2 Å². The molecule has 120 valence electrons. The van der Waals surface area contributed by atoms with Gasteiger partial charge in [0.25, 0.3) is 0 Å². The molecule has 0 spiro atoms. The van der Waals surface area contributed by atoms with E-state index in [1.165, 1.54) is 16.7 Å². The lowest BCUT2D eigenvalue weighted by molar-refractivity contribution is 0.0764. The van der Waals surface area contributed by atoms with Gasteiger partial charge in [0, 0.05) is 7.11 Å². The molecule has 1 aromatic carbocycles. The Hall–Kier alpha value is -1.34. The van der Waals surface area contributed by atoms with Crippen LogP contribution in [0.2, 0.25) is 0 Å². The van der Waals surface area contributed by atoms with E-state index in [2.05, 4.69) is 64.6 Å². The summed E-state index contributed by atoms with van der Waals surface area (Å²) >= 11 is 0. The van der Waals surface area contributed by atoms with E-state index in [1.54, 1.807) is 5.57 Å². The number of hydrogen-bond donors (Lipinski definition) is 0. The van der Waals surface area contributed by atoms with Crippen molar-refractivity contribution in [3.05, 3.63) is 59.2 Å². The van der Waals surface area contributed by atoms with Gasteiger partial charge in [-0.2, -0.15) is 0 Å². The molecule has 1 heteroatoms. The summed E-state index contributed by atoms with van der Waals surface area (Å²) in [7, 11) is 1.83. The summed E-state index contributed by atoms with van der Waals surface area (Å²) in [6.45, 7) is 13.4. The minimum atomic E-state index is 0.166. The van der Waals surface area contributed by atoms with Crippen molar-refractivity contribution in [3.8, 4) is 0 Å². The third kappa shape index (κ3) is 3.35. The molecule has 1 aromatic rings. The first kappa shape index (κ1) is 17.0. The zero-order chi connectivity index (χ0) is 16.3.